The molecule has 1 aromatic rings. The largest absolute Gasteiger partial charge is 0.378 e. The predicted octanol–water partition coefficient (Wildman–Crippen LogP) is 0.428. The van der Waals surface area contributed by atoms with Crippen molar-refractivity contribution in [3.8, 4) is 0 Å². The lowest BCUT2D eigenvalue weighted by Gasteiger charge is -2.40. The van der Waals surface area contributed by atoms with Crippen LogP contribution in [0.15, 0.2) is 0 Å². The Morgan fingerprint density at radius 2 is 2.05 bits per heavy atom. The molecule has 2 unspecified atom stereocenters. The van der Waals surface area contributed by atoms with E-state index in [1.165, 1.54) is 4.90 Å². The van der Waals surface area contributed by atoms with Gasteiger partial charge in [0.25, 0.3) is 0 Å². The summed E-state index contributed by atoms with van der Waals surface area (Å²) in [5, 5.41) is 2.89. The lowest BCUT2D eigenvalue weighted by molar-refractivity contribution is -0.0231. The summed E-state index contributed by atoms with van der Waals surface area (Å²) in [5.74, 6) is 0.879. The summed E-state index contributed by atoms with van der Waals surface area (Å²) in [6, 6.07) is 0. The molecule has 1 saturated heterocycles. The second-order valence-electron chi connectivity index (χ2n) is 5.21. The minimum Gasteiger partial charge on any atom is -0.378 e. The van der Waals surface area contributed by atoms with Crippen molar-refractivity contribution in [1.29, 1.82) is 0 Å². The maximum absolute atomic E-state index is 7.41. The third-order valence-corrected chi connectivity index (χ3v) is 3.86. The molecule has 2 aliphatic rings. The van der Waals surface area contributed by atoms with E-state index in [2.05, 4.69) is 15.3 Å². The van der Waals surface area contributed by atoms with Gasteiger partial charge in [-0.3, -0.25) is 0 Å². The Morgan fingerprint density at radius 1 is 1.27 bits per heavy atom. The van der Waals surface area contributed by atoms with Crippen LogP contribution in [0.3, 0.4) is 0 Å². The molecule has 3 rings (SSSR count). The molecule has 0 aliphatic carbocycles. The fourth-order valence-corrected chi connectivity index (χ4v) is 2.64. The highest BCUT2D eigenvalue weighted by Crippen LogP contribution is 2.35. The number of rotatable bonds is 3. The van der Waals surface area contributed by atoms with Crippen molar-refractivity contribution in [2.45, 2.75) is 19.4 Å². The third kappa shape index (κ3) is 2.57. The van der Waals surface area contributed by atoms with Crippen molar-refractivity contribution >= 4 is 17.5 Å². The predicted molar refractivity (Wildman–Crippen MR) is 83.4 cm³/mol. The lowest BCUT2D eigenvalue weighted by atomic mass is 10.2. The van der Waals surface area contributed by atoms with Crippen molar-refractivity contribution in [2.24, 2.45) is 0 Å². The first kappa shape index (κ1) is 9.49. The number of nitrogens with one attached hydrogen (secondary N) is 1. The minimum atomic E-state index is -2.76. The Balaban J connectivity index is 1.97. The van der Waals surface area contributed by atoms with Gasteiger partial charge in [-0.2, -0.15) is 4.98 Å². The average molecular weight is 315 g/mol. The van der Waals surface area contributed by atoms with Crippen LogP contribution in [0.25, 0.3) is 0 Å². The molecule has 0 bridgehead atoms. The molecule has 0 aromatic carbocycles. The zero-order chi connectivity index (χ0) is 20.7. The summed E-state index contributed by atoms with van der Waals surface area (Å²) in [5.41, 5.74) is 1.03. The summed E-state index contributed by atoms with van der Waals surface area (Å²) in [7, 11) is -3.94. The van der Waals surface area contributed by atoms with E-state index in [0.29, 0.717) is 49.5 Å². The topological polar surface area (TPSA) is 72.0 Å². The molecule has 22 heavy (non-hydrogen) atoms. The standard InChI is InChI=1S/C14H23N5O3/c1-9-10-11(18(2)13(21-4)12(16-10)20-3)17-14(15-9)19-5-7-22-8-6-19/h12-13,16H,5-8H2,1-4H3/i3D3,4D3. The number of methoxy groups -OCH3 is 2. The van der Waals surface area contributed by atoms with Gasteiger partial charge in [0.2, 0.25) is 5.95 Å². The normalized spacial score (nSPS) is 30.1. The van der Waals surface area contributed by atoms with Crippen molar-refractivity contribution in [3.63, 3.8) is 0 Å². The van der Waals surface area contributed by atoms with E-state index < -0.39 is 26.5 Å². The van der Waals surface area contributed by atoms with Gasteiger partial charge in [-0.25, -0.2) is 4.98 Å². The Labute approximate surface area is 138 Å². The van der Waals surface area contributed by atoms with Gasteiger partial charge in [0.1, 0.15) is 5.69 Å². The number of likely N-dealkylation sites (N-methyl/N-ethyl adjacent to an activating group) is 1. The van der Waals surface area contributed by atoms with E-state index in [9.17, 15) is 0 Å². The highest BCUT2D eigenvalue weighted by molar-refractivity contribution is 5.72. The number of morpholine rings is 1. The van der Waals surface area contributed by atoms with Crippen molar-refractivity contribution < 1.29 is 22.4 Å². The number of fused-ring (bicyclic) bond motifs is 1. The van der Waals surface area contributed by atoms with E-state index in [1.54, 1.807) is 14.0 Å². The summed E-state index contributed by atoms with van der Waals surface area (Å²) in [4.78, 5) is 12.5. The van der Waals surface area contributed by atoms with Crippen LogP contribution in [0.5, 0.6) is 0 Å². The quantitative estimate of drug-likeness (QED) is 0.861. The fourth-order valence-electron chi connectivity index (χ4n) is 2.64. The zero-order valence-corrected chi connectivity index (χ0v) is 12.5. The Kier molecular flexibility index (Phi) is 2.69. The SMILES string of the molecule is [2H]C([2H])([2H])OC1Nc2c(C)nc(N3CCOCC3)nc2N(C)C1OC([2H])([2H])[2H]. The summed E-state index contributed by atoms with van der Waals surface area (Å²) in [6.45, 7) is 4.15. The van der Waals surface area contributed by atoms with Crippen LogP contribution < -0.4 is 15.1 Å². The molecule has 0 spiro atoms. The highest BCUT2D eigenvalue weighted by Gasteiger charge is 2.35. The summed E-state index contributed by atoms with van der Waals surface area (Å²) < 4.78 is 59.9. The van der Waals surface area contributed by atoms with Gasteiger partial charge in [0, 0.05) is 34.2 Å². The monoisotopic (exact) mass is 315 g/mol. The van der Waals surface area contributed by atoms with Crippen LogP contribution in [0, 0.1) is 6.92 Å². The van der Waals surface area contributed by atoms with Crippen LogP contribution in [-0.2, 0) is 14.2 Å². The molecule has 1 aromatic heterocycles. The molecular formula is C14H23N5O3. The molecule has 1 fully saturated rings. The first-order chi connectivity index (χ1) is 12.9. The number of hydrogen-bond acceptors (Lipinski definition) is 8. The van der Waals surface area contributed by atoms with Gasteiger partial charge in [-0.05, 0) is 6.92 Å². The molecule has 8 heteroatoms. The summed E-state index contributed by atoms with van der Waals surface area (Å²) in [6.07, 6.45) is -2.51. The van der Waals surface area contributed by atoms with E-state index in [1.807, 2.05) is 4.90 Å². The van der Waals surface area contributed by atoms with Crippen LogP contribution in [0.1, 0.15) is 13.9 Å². The van der Waals surface area contributed by atoms with Crippen LogP contribution >= 0.6 is 0 Å². The molecule has 122 valence electrons. The zero-order valence-electron chi connectivity index (χ0n) is 18.5. The first-order valence-electron chi connectivity index (χ1n) is 10.0. The lowest BCUT2D eigenvalue weighted by Crippen LogP contribution is -2.52. The number of nitrogens with zero attached hydrogens (tertiary/aromatic N) is 4. The van der Waals surface area contributed by atoms with Crippen molar-refractivity contribution in [3.05, 3.63) is 5.69 Å². The molecule has 0 saturated carbocycles. The fraction of sp³-hybridized carbons (Fsp3) is 0.714. The number of aromatic nitrogens is 2. The second kappa shape index (κ2) is 6.23. The maximum Gasteiger partial charge on any atom is 0.227 e. The maximum atomic E-state index is 7.41. The van der Waals surface area contributed by atoms with E-state index in [0.717, 1.165) is 0 Å². The highest BCUT2D eigenvalue weighted by atomic mass is 16.5. The third-order valence-electron chi connectivity index (χ3n) is 3.86. The van der Waals surface area contributed by atoms with Gasteiger partial charge in [-0.1, -0.05) is 0 Å². The molecule has 2 atom stereocenters. The minimum absolute atomic E-state index is 0.397. The van der Waals surface area contributed by atoms with E-state index >= 15 is 0 Å². The van der Waals surface area contributed by atoms with Gasteiger partial charge in [0.05, 0.1) is 27.1 Å². The first-order valence-corrected chi connectivity index (χ1v) is 7.01. The Hall–Kier alpha value is -1.64. The van der Waals surface area contributed by atoms with E-state index in [4.69, 9.17) is 22.4 Å². The van der Waals surface area contributed by atoms with Crippen molar-refractivity contribution in [2.75, 3.05) is 62.5 Å². The molecule has 8 nitrogen and oxygen atoms in total. The van der Waals surface area contributed by atoms with E-state index in [-0.39, 0.29) is 0 Å². The van der Waals surface area contributed by atoms with Gasteiger partial charge < -0.3 is 29.3 Å². The Morgan fingerprint density at radius 3 is 2.77 bits per heavy atom. The number of aryl methyl sites for hydroxylation is 1. The van der Waals surface area contributed by atoms with Crippen LogP contribution in [-0.4, -0.2) is 69.9 Å². The number of anilines is 3. The molecule has 2 aliphatic heterocycles. The Bertz CT molecular complexity index is 710. The average Bonchev–Trinajstić information content (AvgIpc) is 2.58. The number of ether oxygens (including phenoxy) is 3. The van der Waals surface area contributed by atoms with Crippen LogP contribution in [0.2, 0.25) is 0 Å². The summed E-state index contributed by atoms with van der Waals surface area (Å²) >= 11 is 0. The van der Waals surface area contributed by atoms with Gasteiger partial charge in [-0.15, -0.1) is 0 Å². The van der Waals surface area contributed by atoms with Crippen molar-refractivity contribution in [1.82, 2.24) is 9.97 Å². The smallest absolute Gasteiger partial charge is 0.227 e. The molecule has 3 heterocycles. The molecular weight excluding hydrogens is 286 g/mol. The van der Waals surface area contributed by atoms with Gasteiger partial charge >= 0.3 is 0 Å². The van der Waals surface area contributed by atoms with Gasteiger partial charge in [0.15, 0.2) is 18.3 Å². The second-order valence-corrected chi connectivity index (χ2v) is 5.21. The molecule has 0 amide bonds. The number of hydrogen-bond donors (Lipinski definition) is 1. The molecule has 0 radical (unpaired) electrons. The molecule has 1 N–H and O–H groups in total. The van der Waals surface area contributed by atoms with Crippen LogP contribution in [0.4, 0.5) is 17.5 Å².